The van der Waals surface area contributed by atoms with Crippen LogP contribution in [0.5, 0.6) is 0 Å². The lowest BCUT2D eigenvalue weighted by Gasteiger charge is -2.08. The summed E-state index contributed by atoms with van der Waals surface area (Å²) in [4.78, 5) is 25.6. The molecule has 1 amide bonds. The van der Waals surface area contributed by atoms with Gasteiger partial charge in [-0.1, -0.05) is 13.8 Å². The van der Waals surface area contributed by atoms with Crippen LogP contribution in [0.3, 0.4) is 0 Å². The summed E-state index contributed by atoms with van der Waals surface area (Å²) in [5.41, 5.74) is 3.14. The first-order valence-electron chi connectivity index (χ1n) is 9.53. The normalized spacial score (nSPS) is 11.4. The number of aromatic nitrogens is 4. The number of pyridine rings is 1. The predicted octanol–water partition coefficient (Wildman–Crippen LogP) is 4.92. The number of nitrogens with zero attached hydrogens (tertiary/aromatic N) is 4. The van der Waals surface area contributed by atoms with Gasteiger partial charge in [0.2, 0.25) is 0 Å². The second kappa shape index (κ2) is 8.87. The van der Waals surface area contributed by atoms with E-state index < -0.39 is 0 Å². The van der Waals surface area contributed by atoms with Crippen molar-refractivity contribution in [3.63, 3.8) is 0 Å². The Balaban J connectivity index is 1.41. The summed E-state index contributed by atoms with van der Waals surface area (Å²) in [6, 6.07) is 7.51. The number of amides is 1. The molecule has 0 atom stereocenters. The summed E-state index contributed by atoms with van der Waals surface area (Å²) in [6.45, 7) is 4.66. The van der Waals surface area contributed by atoms with Crippen LogP contribution in [0.2, 0.25) is 0 Å². The summed E-state index contributed by atoms with van der Waals surface area (Å²) in [5, 5.41) is 5.30. The second-order valence-corrected chi connectivity index (χ2v) is 7.87. The summed E-state index contributed by atoms with van der Waals surface area (Å²) in [7, 11) is 0. The molecule has 0 radical (unpaired) electrons. The Morgan fingerprint density at radius 3 is 2.77 bits per heavy atom. The fourth-order valence-corrected chi connectivity index (χ4v) is 3.51. The van der Waals surface area contributed by atoms with E-state index in [1.807, 2.05) is 60.3 Å². The van der Waals surface area contributed by atoms with Crippen molar-refractivity contribution in [2.24, 2.45) is 0 Å². The molecule has 0 spiro atoms. The Morgan fingerprint density at radius 2 is 2.00 bits per heavy atom. The maximum Gasteiger partial charge on any atom is 0.274 e. The zero-order valence-electron chi connectivity index (χ0n) is 16.6. The van der Waals surface area contributed by atoms with E-state index in [-0.39, 0.29) is 11.8 Å². The van der Waals surface area contributed by atoms with Gasteiger partial charge in [0.05, 0.1) is 5.69 Å². The molecule has 7 nitrogen and oxygen atoms in total. The van der Waals surface area contributed by atoms with Gasteiger partial charge in [0.25, 0.3) is 5.91 Å². The molecule has 4 aromatic rings. The fraction of sp³-hybridized carbons (Fsp3) is 0.182. The zero-order chi connectivity index (χ0) is 20.9. The number of hydrogen-bond donors (Lipinski definition) is 1. The number of carbonyl (C=O) groups is 1. The Labute approximate surface area is 178 Å². The van der Waals surface area contributed by atoms with Crippen molar-refractivity contribution in [3.8, 4) is 0 Å². The van der Waals surface area contributed by atoms with Gasteiger partial charge in [0, 0.05) is 36.4 Å². The Morgan fingerprint density at radius 1 is 1.20 bits per heavy atom. The summed E-state index contributed by atoms with van der Waals surface area (Å²) in [6.07, 6.45) is 10.7. The maximum atomic E-state index is 12.7. The van der Waals surface area contributed by atoms with Crippen LogP contribution in [0, 0.1) is 0 Å². The van der Waals surface area contributed by atoms with Crippen LogP contribution in [-0.4, -0.2) is 25.4 Å². The second-order valence-electron chi connectivity index (χ2n) is 7.01. The maximum absolute atomic E-state index is 12.7. The van der Waals surface area contributed by atoms with Crippen LogP contribution in [0.15, 0.2) is 58.9 Å². The van der Waals surface area contributed by atoms with Crippen LogP contribution in [-0.2, 0) is 6.54 Å². The van der Waals surface area contributed by atoms with E-state index in [0.29, 0.717) is 23.3 Å². The van der Waals surface area contributed by atoms with Crippen molar-refractivity contribution in [2.45, 2.75) is 26.3 Å². The fourth-order valence-electron chi connectivity index (χ4n) is 2.84. The van der Waals surface area contributed by atoms with Crippen molar-refractivity contribution in [1.29, 1.82) is 0 Å². The van der Waals surface area contributed by atoms with E-state index in [2.05, 4.69) is 20.3 Å². The SMILES string of the molecule is CC(C)c1nc(/C=C/c2csc(NC(=O)c3cccn3Cc3ccncc3)n2)co1. The molecular formula is C22H21N5O2S. The topological polar surface area (TPSA) is 85.8 Å². The highest BCUT2D eigenvalue weighted by Gasteiger charge is 2.13. The molecule has 152 valence electrons. The number of oxazole rings is 1. The van der Waals surface area contributed by atoms with Gasteiger partial charge in [-0.3, -0.25) is 15.1 Å². The molecule has 0 aliphatic heterocycles. The summed E-state index contributed by atoms with van der Waals surface area (Å²) < 4.78 is 7.32. The van der Waals surface area contributed by atoms with Gasteiger partial charge in [-0.05, 0) is 42.0 Å². The van der Waals surface area contributed by atoms with Crippen LogP contribution in [0.25, 0.3) is 12.2 Å². The zero-order valence-corrected chi connectivity index (χ0v) is 17.5. The molecule has 4 rings (SSSR count). The molecule has 30 heavy (non-hydrogen) atoms. The highest BCUT2D eigenvalue weighted by Crippen LogP contribution is 2.20. The average Bonchev–Trinajstić information content (AvgIpc) is 3.48. The minimum atomic E-state index is -0.197. The first-order valence-corrected chi connectivity index (χ1v) is 10.4. The quantitative estimate of drug-likeness (QED) is 0.459. The van der Waals surface area contributed by atoms with E-state index in [9.17, 15) is 4.79 Å². The van der Waals surface area contributed by atoms with E-state index in [0.717, 1.165) is 17.0 Å². The molecule has 1 N–H and O–H groups in total. The Hall–Kier alpha value is -3.52. The van der Waals surface area contributed by atoms with E-state index >= 15 is 0 Å². The molecule has 0 aliphatic rings. The number of carbonyl (C=O) groups excluding carboxylic acids is 1. The molecule has 0 aromatic carbocycles. The molecule has 8 heteroatoms. The van der Waals surface area contributed by atoms with E-state index in [1.165, 1.54) is 11.3 Å². The van der Waals surface area contributed by atoms with Crippen LogP contribution in [0.4, 0.5) is 5.13 Å². The van der Waals surface area contributed by atoms with Crippen molar-refractivity contribution < 1.29 is 9.21 Å². The number of nitrogens with one attached hydrogen (secondary N) is 1. The number of rotatable bonds is 7. The van der Waals surface area contributed by atoms with Gasteiger partial charge in [-0.25, -0.2) is 9.97 Å². The Bertz CT molecular complexity index is 1160. The highest BCUT2D eigenvalue weighted by atomic mass is 32.1. The molecule has 0 fully saturated rings. The standard InChI is InChI=1S/C22H21N5O2S/c1-15(2)21-24-17(13-29-21)5-6-18-14-30-22(25-18)26-20(28)19-4-3-11-27(19)12-16-7-9-23-10-8-16/h3-11,13-15H,12H2,1-2H3,(H,25,26,28)/b6-5+. The van der Waals surface area contributed by atoms with Crippen molar-refractivity contribution in [2.75, 3.05) is 5.32 Å². The first-order chi connectivity index (χ1) is 14.6. The predicted molar refractivity (Wildman–Crippen MR) is 117 cm³/mol. The van der Waals surface area contributed by atoms with Crippen molar-refractivity contribution >= 4 is 34.5 Å². The van der Waals surface area contributed by atoms with Crippen LogP contribution in [0.1, 0.15) is 53.1 Å². The van der Waals surface area contributed by atoms with Gasteiger partial charge < -0.3 is 8.98 Å². The summed E-state index contributed by atoms with van der Waals surface area (Å²) in [5.74, 6) is 0.749. The lowest BCUT2D eigenvalue weighted by molar-refractivity contribution is 0.101. The monoisotopic (exact) mass is 419 g/mol. The van der Waals surface area contributed by atoms with Gasteiger partial charge in [-0.2, -0.15) is 0 Å². The van der Waals surface area contributed by atoms with E-state index in [4.69, 9.17) is 4.42 Å². The molecule has 0 saturated carbocycles. The highest BCUT2D eigenvalue weighted by molar-refractivity contribution is 7.14. The molecule has 0 saturated heterocycles. The lowest BCUT2D eigenvalue weighted by atomic mass is 10.2. The van der Waals surface area contributed by atoms with Crippen LogP contribution >= 0.6 is 11.3 Å². The number of hydrogen-bond acceptors (Lipinski definition) is 6. The van der Waals surface area contributed by atoms with Crippen molar-refractivity contribution in [3.05, 3.63) is 83.0 Å². The smallest absolute Gasteiger partial charge is 0.274 e. The van der Waals surface area contributed by atoms with Gasteiger partial charge >= 0.3 is 0 Å². The number of thiazole rings is 1. The molecule has 4 heterocycles. The van der Waals surface area contributed by atoms with Gasteiger partial charge in [0.15, 0.2) is 11.0 Å². The third-order valence-electron chi connectivity index (χ3n) is 4.37. The minimum Gasteiger partial charge on any atom is -0.448 e. The first kappa shape index (κ1) is 19.8. The van der Waals surface area contributed by atoms with Gasteiger partial charge in [-0.15, -0.1) is 11.3 Å². The average molecular weight is 420 g/mol. The third kappa shape index (κ3) is 4.72. The van der Waals surface area contributed by atoms with Crippen LogP contribution < -0.4 is 5.32 Å². The molecule has 0 aliphatic carbocycles. The summed E-state index contributed by atoms with van der Waals surface area (Å²) >= 11 is 1.37. The Kier molecular flexibility index (Phi) is 5.85. The minimum absolute atomic E-state index is 0.197. The van der Waals surface area contributed by atoms with Gasteiger partial charge in [0.1, 0.15) is 17.7 Å². The number of anilines is 1. The molecule has 4 aromatic heterocycles. The molecule has 0 bridgehead atoms. The third-order valence-corrected chi connectivity index (χ3v) is 5.14. The molecule has 0 unspecified atom stereocenters. The molecular weight excluding hydrogens is 398 g/mol. The van der Waals surface area contributed by atoms with E-state index in [1.54, 1.807) is 24.7 Å². The largest absolute Gasteiger partial charge is 0.448 e. The van der Waals surface area contributed by atoms with Crippen molar-refractivity contribution in [1.82, 2.24) is 19.5 Å². The lowest BCUT2D eigenvalue weighted by Crippen LogP contribution is -2.17.